The number of nitrogens with zero attached hydrogens (tertiary/aromatic N) is 2. The van der Waals surface area contributed by atoms with E-state index in [0.717, 1.165) is 5.56 Å². The fourth-order valence-corrected chi connectivity index (χ4v) is 2.84. The maximum absolute atomic E-state index is 12.2. The molecule has 0 unspecified atom stereocenters. The first-order valence-electron chi connectivity index (χ1n) is 5.93. The van der Waals surface area contributed by atoms with Crippen molar-refractivity contribution in [2.24, 2.45) is 0 Å². The summed E-state index contributed by atoms with van der Waals surface area (Å²) >= 11 is 6.29. The number of thioether (sulfide) groups is 1. The van der Waals surface area contributed by atoms with Crippen LogP contribution < -0.4 is 0 Å². The number of thiocarbonyl (C=S) groups is 1. The van der Waals surface area contributed by atoms with E-state index < -0.39 is 5.97 Å². The van der Waals surface area contributed by atoms with Crippen LogP contribution in [0.15, 0.2) is 29.4 Å². The molecule has 1 aromatic heterocycles. The third-order valence-electron chi connectivity index (χ3n) is 2.45. The summed E-state index contributed by atoms with van der Waals surface area (Å²) in [5.41, 5.74) is 0.809. The maximum Gasteiger partial charge on any atom is 0.326 e. The van der Waals surface area contributed by atoms with E-state index in [1.54, 1.807) is 31.5 Å². The summed E-state index contributed by atoms with van der Waals surface area (Å²) in [5, 5.41) is 0. The van der Waals surface area contributed by atoms with Gasteiger partial charge in [0.25, 0.3) is 5.91 Å². The Morgan fingerprint density at radius 1 is 1.60 bits per heavy atom. The van der Waals surface area contributed by atoms with Gasteiger partial charge < -0.3 is 4.74 Å². The van der Waals surface area contributed by atoms with Gasteiger partial charge in [0.2, 0.25) is 0 Å². The molecule has 5 nitrogen and oxygen atoms in total. The van der Waals surface area contributed by atoms with Crippen LogP contribution in [-0.4, -0.2) is 39.2 Å². The van der Waals surface area contributed by atoms with Gasteiger partial charge in [-0.1, -0.05) is 30.0 Å². The molecule has 2 heterocycles. The lowest BCUT2D eigenvalue weighted by Gasteiger charge is -2.12. The zero-order valence-corrected chi connectivity index (χ0v) is 12.4. The van der Waals surface area contributed by atoms with Gasteiger partial charge >= 0.3 is 5.97 Å². The molecule has 2 rings (SSSR count). The Kier molecular flexibility index (Phi) is 4.86. The summed E-state index contributed by atoms with van der Waals surface area (Å²) in [4.78, 5) is 29.3. The average Bonchev–Trinajstić information content (AvgIpc) is 2.68. The maximum atomic E-state index is 12.2. The van der Waals surface area contributed by atoms with E-state index in [9.17, 15) is 9.59 Å². The molecule has 1 aliphatic heterocycles. The normalized spacial score (nSPS) is 16.9. The van der Waals surface area contributed by atoms with E-state index in [2.05, 4.69) is 4.98 Å². The van der Waals surface area contributed by atoms with E-state index in [1.165, 1.54) is 16.7 Å². The Morgan fingerprint density at radius 3 is 3.05 bits per heavy atom. The number of esters is 1. The van der Waals surface area contributed by atoms with E-state index in [1.807, 2.05) is 6.07 Å². The molecule has 1 amide bonds. The fourth-order valence-electron chi connectivity index (χ4n) is 1.58. The van der Waals surface area contributed by atoms with Crippen LogP contribution in [0, 0.1) is 0 Å². The molecular formula is C13H12N2O3S2. The molecule has 104 valence electrons. The number of rotatable bonds is 4. The van der Waals surface area contributed by atoms with Gasteiger partial charge in [0, 0.05) is 12.4 Å². The quantitative estimate of drug-likeness (QED) is 0.480. The smallest absolute Gasteiger partial charge is 0.326 e. The number of hydrogen-bond acceptors (Lipinski definition) is 6. The zero-order chi connectivity index (χ0) is 14.5. The van der Waals surface area contributed by atoms with Gasteiger partial charge in [0.1, 0.15) is 10.9 Å². The third kappa shape index (κ3) is 3.43. The summed E-state index contributed by atoms with van der Waals surface area (Å²) in [6.07, 6.45) is 5.01. The van der Waals surface area contributed by atoms with Crippen LogP contribution in [-0.2, 0) is 14.3 Å². The standard InChI is InChI=1S/C13H12N2O3S2/c1-2-18-11(16)8-15-12(17)10(20-13(15)19)6-9-4-3-5-14-7-9/h3-7H,2,8H2,1H3/b10-6-. The number of carbonyl (C=O) groups is 2. The molecule has 1 aliphatic rings. The number of carbonyl (C=O) groups excluding carboxylic acids is 2. The van der Waals surface area contributed by atoms with Crippen LogP contribution >= 0.6 is 24.0 Å². The first kappa shape index (κ1) is 14.7. The predicted molar refractivity (Wildman–Crippen MR) is 80.7 cm³/mol. The molecule has 1 aromatic rings. The summed E-state index contributed by atoms with van der Waals surface area (Å²) in [7, 11) is 0. The van der Waals surface area contributed by atoms with Gasteiger partial charge in [-0.3, -0.25) is 19.5 Å². The molecule has 0 aliphatic carbocycles. The number of hydrogen-bond donors (Lipinski definition) is 0. The molecule has 0 aromatic carbocycles. The molecule has 0 bridgehead atoms. The summed E-state index contributed by atoms with van der Waals surface area (Å²) in [5.74, 6) is -0.747. The van der Waals surface area contributed by atoms with Crippen molar-refractivity contribution in [1.29, 1.82) is 0 Å². The van der Waals surface area contributed by atoms with E-state index in [0.29, 0.717) is 9.23 Å². The van der Waals surface area contributed by atoms with Crippen LogP contribution in [0.2, 0.25) is 0 Å². The van der Waals surface area contributed by atoms with Crippen molar-refractivity contribution in [3.8, 4) is 0 Å². The molecule has 7 heteroatoms. The van der Waals surface area contributed by atoms with Gasteiger partial charge in [-0.2, -0.15) is 0 Å². The molecule has 0 radical (unpaired) electrons. The lowest BCUT2D eigenvalue weighted by Crippen LogP contribution is -2.34. The lowest BCUT2D eigenvalue weighted by atomic mass is 10.2. The highest BCUT2D eigenvalue weighted by molar-refractivity contribution is 8.26. The van der Waals surface area contributed by atoms with Gasteiger partial charge in [0.15, 0.2) is 0 Å². The molecule has 0 spiro atoms. The van der Waals surface area contributed by atoms with Crippen molar-refractivity contribution in [2.75, 3.05) is 13.2 Å². The average molecular weight is 308 g/mol. The first-order valence-corrected chi connectivity index (χ1v) is 7.15. The molecule has 1 fully saturated rings. The van der Waals surface area contributed by atoms with Crippen LogP contribution in [0.4, 0.5) is 0 Å². The number of ether oxygens (including phenoxy) is 1. The van der Waals surface area contributed by atoms with Crippen molar-refractivity contribution >= 4 is 46.3 Å². The van der Waals surface area contributed by atoms with Gasteiger partial charge in [-0.15, -0.1) is 0 Å². The number of pyridine rings is 1. The third-order valence-corrected chi connectivity index (χ3v) is 3.83. The van der Waals surface area contributed by atoms with Gasteiger partial charge in [-0.25, -0.2) is 0 Å². The Hall–Kier alpha value is -1.73. The predicted octanol–water partition coefficient (Wildman–Crippen LogP) is 1.85. The summed E-state index contributed by atoms with van der Waals surface area (Å²) in [6, 6.07) is 3.62. The number of aromatic nitrogens is 1. The van der Waals surface area contributed by atoms with Crippen LogP contribution in [0.3, 0.4) is 0 Å². The molecular weight excluding hydrogens is 296 g/mol. The van der Waals surface area contributed by atoms with Crippen molar-refractivity contribution < 1.29 is 14.3 Å². The van der Waals surface area contributed by atoms with Crippen LogP contribution in [0.25, 0.3) is 6.08 Å². The topological polar surface area (TPSA) is 59.5 Å². The first-order chi connectivity index (χ1) is 9.61. The lowest BCUT2D eigenvalue weighted by molar-refractivity contribution is -0.145. The highest BCUT2D eigenvalue weighted by Gasteiger charge is 2.33. The minimum absolute atomic E-state index is 0.150. The largest absolute Gasteiger partial charge is 0.465 e. The van der Waals surface area contributed by atoms with Crippen molar-refractivity contribution in [3.63, 3.8) is 0 Å². The Labute approximate surface area is 126 Å². The van der Waals surface area contributed by atoms with Crippen molar-refractivity contribution in [2.45, 2.75) is 6.92 Å². The molecule has 0 saturated carbocycles. The van der Waals surface area contributed by atoms with E-state index in [-0.39, 0.29) is 19.1 Å². The fraction of sp³-hybridized carbons (Fsp3) is 0.231. The molecule has 20 heavy (non-hydrogen) atoms. The van der Waals surface area contributed by atoms with Crippen molar-refractivity contribution in [1.82, 2.24) is 9.88 Å². The van der Waals surface area contributed by atoms with Crippen LogP contribution in [0.1, 0.15) is 12.5 Å². The van der Waals surface area contributed by atoms with Crippen LogP contribution in [0.5, 0.6) is 0 Å². The Balaban J connectivity index is 2.13. The highest BCUT2D eigenvalue weighted by Crippen LogP contribution is 2.32. The Bertz CT molecular complexity index is 572. The molecule has 0 N–H and O–H groups in total. The molecule has 0 atom stereocenters. The number of amides is 1. The SMILES string of the molecule is CCOC(=O)CN1C(=O)/C(=C/c2cccnc2)SC1=S. The highest BCUT2D eigenvalue weighted by atomic mass is 32.2. The summed E-state index contributed by atoms with van der Waals surface area (Å²) < 4.78 is 5.18. The second-order valence-corrected chi connectivity index (χ2v) is 5.54. The second kappa shape index (κ2) is 6.62. The molecule has 1 saturated heterocycles. The minimum Gasteiger partial charge on any atom is -0.465 e. The van der Waals surface area contributed by atoms with E-state index >= 15 is 0 Å². The van der Waals surface area contributed by atoms with E-state index in [4.69, 9.17) is 17.0 Å². The summed E-state index contributed by atoms with van der Waals surface area (Å²) in [6.45, 7) is 1.84. The zero-order valence-electron chi connectivity index (χ0n) is 10.7. The second-order valence-electron chi connectivity index (χ2n) is 3.86. The van der Waals surface area contributed by atoms with Gasteiger partial charge in [-0.05, 0) is 24.6 Å². The monoisotopic (exact) mass is 308 g/mol. The van der Waals surface area contributed by atoms with Gasteiger partial charge in [0.05, 0.1) is 11.5 Å². The Morgan fingerprint density at radius 2 is 2.40 bits per heavy atom. The minimum atomic E-state index is -0.466. The van der Waals surface area contributed by atoms with Crippen molar-refractivity contribution in [3.05, 3.63) is 35.0 Å².